The van der Waals surface area contributed by atoms with Crippen LogP contribution in [0.4, 0.5) is 0 Å². The van der Waals surface area contributed by atoms with Crippen molar-refractivity contribution in [3.8, 4) is 5.75 Å². The number of hydrogen-bond donors (Lipinski definition) is 1. The van der Waals surface area contributed by atoms with Crippen LogP contribution >= 0.6 is 0 Å². The predicted molar refractivity (Wildman–Crippen MR) is 78.0 cm³/mol. The molecule has 0 aromatic heterocycles. The topological polar surface area (TPSA) is 32.7 Å². The molecule has 1 N–H and O–H groups in total. The van der Waals surface area contributed by atoms with E-state index in [0.29, 0.717) is 6.04 Å². The predicted octanol–water partition coefficient (Wildman–Crippen LogP) is 2.46. The second-order valence-corrected chi connectivity index (χ2v) is 6.56. The summed E-state index contributed by atoms with van der Waals surface area (Å²) in [4.78, 5) is 2.55. The number of aryl methyl sites for hydroxylation is 1. The first-order chi connectivity index (χ1) is 9.76. The Bertz CT molecular complexity index is 516. The lowest BCUT2D eigenvalue weighted by Gasteiger charge is -2.42. The molecule has 3 aliphatic heterocycles. The molecule has 108 valence electrons. The standard InChI is InChI=1S/C17H23NO2/c19-17(8-10-18-9-2-6-14(18)12-17)15-7-1-4-13-5-3-11-20-16(13)15/h1,4,7,14,19H,2-3,5-6,8-12H2. The van der Waals surface area contributed by atoms with E-state index in [2.05, 4.69) is 23.1 Å². The highest BCUT2D eigenvalue weighted by Gasteiger charge is 2.43. The number of aliphatic hydroxyl groups is 1. The van der Waals surface area contributed by atoms with E-state index >= 15 is 0 Å². The van der Waals surface area contributed by atoms with Crippen LogP contribution in [0.25, 0.3) is 0 Å². The minimum absolute atomic E-state index is 0.563. The Hall–Kier alpha value is -1.06. The van der Waals surface area contributed by atoms with Crippen molar-refractivity contribution in [3.63, 3.8) is 0 Å². The summed E-state index contributed by atoms with van der Waals surface area (Å²) in [6, 6.07) is 6.87. The summed E-state index contributed by atoms with van der Waals surface area (Å²) in [7, 11) is 0. The third-order valence-corrected chi connectivity index (χ3v) is 5.32. The first-order valence-corrected chi connectivity index (χ1v) is 7.98. The molecule has 0 bridgehead atoms. The van der Waals surface area contributed by atoms with Gasteiger partial charge in [0, 0.05) is 18.2 Å². The summed E-state index contributed by atoms with van der Waals surface area (Å²) in [5, 5.41) is 11.2. The highest BCUT2D eigenvalue weighted by molar-refractivity contribution is 5.46. The third-order valence-electron chi connectivity index (χ3n) is 5.32. The molecule has 0 aliphatic carbocycles. The first kappa shape index (κ1) is 12.7. The normalized spacial score (nSPS) is 33.4. The van der Waals surface area contributed by atoms with Gasteiger partial charge in [-0.1, -0.05) is 18.2 Å². The molecule has 2 atom stereocenters. The average molecular weight is 273 g/mol. The largest absolute Gasteiger partial charge is 0.493 e. The van der Waals surface area contributed by atoms with Gasteiger partial charge in [0.05, 0.1) is 12.2 Å². The van der Waals surface area contributed by atoms with Gasteiger partial charge in [0.15, 0.2) is 0 Å². The van der Waals surface area contributed by atoms with E-state index in [1.807, 2.05) is 0 Å². The van der Waals surface area contributed by atoms with E-state index < -0.39 is 5.60 Å². The Morgan fingerprint density at radius 1 is 1.25 bits per heavy atom. The molecular formula is C17H23NO2. The molecule has 0 saturated carbocycles. The van der Waals surface area contributed by atoms with Crippen molar-refractivity contribution < 1.29 is 9.84 Å². The lowest BCUT2D eigenvalue weighted by atomic mass is 9.79. The number of nitrogens with zero attached hydrogens (tertiary/aromatic N) is 1. The van der Waals surface area contributed by atoms with Gasteiger partial charge < -0.3 is 14.7 Å². The van der Waals surface area contributed by atoms with Crippen molar-refractivity contribution in [2.75, 3.05) is 19.7 Å². The average Bonchev–Trinajstić information content (AvgIpc) is 2.93. The fourth-order valence-electron chi connectivity index (χ4n) is 4.24. The van der Waals surface area contributed by atoms with Gasteiger partial charge in [0.25, 0.3) is 0 Å². The van der Waals surface area contributed by atoms with E-state index in [9.17, 15) is 5.11 Å². The SMILES string of the molecule is OC1(c2cccc3c2OCCC3)CCN2CCCC2C1. The summed E-state index contributed by atoms with van der Waals surface area (Å²) in [6.45, 7) is 3.02. The summed E-state index contributed by atoms with van der Waals surface area (Å²) in [5.41, 5.74) is 1.63. The number of ether oxygens (including phenoxy) is 1. The fourth-order valence-corrected chi connectivity index (χ4v) is 4.24. The molecule has 3 heterocycles. The lowest BCUT2D eigenvalue weighted by molar-refractivity contribution is -0.0428. The second-order valence-electron chi connectivity index (χ2n) is 6.56. The molecular weight excluding hydrogens is 250 g/mol. The Morgan fingerprint density at radius 3 is 3.15 bits per heavy atom. The number of fused-ring (bicyclic) bond motifs is 2. The molecule has 2 saturated heterocycles. The molecule has 3 heteroatoms. The summed E-state index contributed by atoms with van der Waals surface area (Å²) < 4.78 is 5.91. The smallest absolute Gasteiger partial charge is 0.128 e. The molecule has 0 spiro atoms. The highest BCUT2D eigenvalue weighted by Crippen LogP contribution is 2.44. The Balaban J connectivity index is 1.69. The van der Waals surface area contributed by atoms with E-state index in [4.69, 9.17) is 4.74 Å². The van der Waals surface area contributed by atoms with Crippen LogP contribution in [0.3, 0.4) is 0 Å². The molecule has 3 aliphatic rings. The minimum atomic E-state index is -0.686. The van der Waals surface area contributed by atoms with Crippen LogP contribution in [0.5, 0.6) is 5.75 Å². The summed E-state index contributed by atoms with van der Waals surface area (Å²) in [5.74, 6) is 0.979. The van der Waals surface area contributed by atoms with Crippen molar-refractivity contribution in [2.45, 2.75) is 50.2 Å². The van der Waals surface area contributed by atoms with Crippen molar-refractivity contribution in [1.82, 2.24) is 4.90 Å². The first-order valence-electron chi connectivity index (χ1n) is 7.98. The van der Waals surface area contributed by atoms with Crippen molar-refractivity contribution >= 4 is 0 Å². The Kier molecular flexibility index (Phi) is 3.00. The minimum Gasteiger partial charge on any atom is -0.493 e. The van der Waals surface area contributed by atoms with Crippen molar-refractivity contribution in [3.05, 3.63) is 29.3 Å². The van der Waals surface area contributed by atoms with Crippen LogP contribution in [-0.4, -0.2) is 35.7 Å². The number of benzene rings is 1. The van der Waals surface area contributed by atoms with Gasteiger partial charge in [-0.25, -0.2) is 0 Å². The van der Waals surface area contributed by atoms with Crippen molar-refractivity contribution in [2.24, 2.45) is 0 Å². The molecule has 3 nitrogen and oxygen atoms in total. The highest BCUT2D eigenvalue weighted by atomic mass is 16.5. The van der Waals surface area contributed by atoms with Crippen LogP contribution in [0.15, 0.2) is 18.2 Å². The van der Waals surface area contributed by atoms with Gasteiger partial charge in [0.2, 0.25) is 0 Å². The Morgan fingerprint density at radius 2 is 2.20 bits per heavy atom. The third kappa shape index (κ3) is 1.95. The lowest BCUT2D eigenvalue weighted by Crippen LogP contribution is -2.46. The van der Waals surface area contributed by atoms with E-state index in [1.54, 1.807) is 0 Å². The van der Waals surface area contributed by atoms with Crippen LogP contribution in [0.1, 0.15) is 43.2 Å². The zero-order valence-corrected chi connectivity index (χ0v) is 12.0. The number of rotatable bonds is 1. The number of para-hydroxylation sites is 1. The molecule has 1 aromatic rings. The molecule has 0 radical (unpaired) electrons. The summed E-state index contributed by atoms with van der Waals surface area (Å²) >= 11 is 0. The molecule has 2 fully saturated rings. The quantitative estimate of drug-likeness (QED) is 0.853. The zero-order valence-electron chi connectivity index (χ0n) is 12.0. The van der Waals surface area contributed by atoms with Gasteiger partial charge in [-0.15, -0.1) is 0 Å². The Labute approximate surface area is 120 Å². The van der Waals surface area contributed by atoms with Crippen LogP contribution in [-0.2, 0) is 12.0 Å². The molecule has 2 unspecified atom stereocenters. The zero-order chi connectivity index (χ0) is 13.6. The number of hydrogen-bond acceptors (Lipinski definition) is 3. The molecule has 4 rings (SSSR count). The second kappa shape index (κ2) is 4.74. The van der Waals surface area contributed by atoms with E-state index in [1.165, 1.54) is 24.9 Å². The number of piperidine rings is 1. The maximum absolute atomic E-state index is 11.2. The van der Waals surface area contributed by atoms with Crippen molar-refractivity contribution in [1.29, 1.82) is 0 Å². The van der Waals surface area contributed by atoms with Crippen LogP contribution in [0.2, 0.25) is 0 Å². The van der Waals surface area contributed by atoms with Gasteiger partial charge in [-0.2, -0.15) is 0 Å². The van der Waals surface area contributed by atoms with E-state index in [-0.39, 0.29) is 0 Å². The summed E-state index contributed by atoms with van der Waals surface area (Å²) in [6.07, 6.45) is 6.39. The van der Waals surface area contributed by atoms with Gasteiger partial charge in [-0.05, 0) is 50.6 Å². The van der Waals surface area contributed by atoms with Crippen LogP contribution < -0.4 is 4.74 Å². The van der Waals surface area contributed by atoms with Gasteiger partial charge in [-0.3, -0.25) is 0 Å². The monoisotopic (exact) mass is 273 g/mol. The maximum atomic E-state index is 11.2. The molecule has 0 amide bonds. The van der Waals surface area contributed by atoms with Gasteiger partial charge in [0.1, 0.15) is 5.75 Å². The van der Waals surface area contributed by atoms with Crippen LogP contribution in [0, 0.1) is 0 Å². The maximum Gasteiger partial charge on any atom is 0.128 e. The molecule has 20 heavy (non-hydrogen) atoms. The van der Waals surface area contributed by atoms with E-state index in [0.717, 1.165) is 50.1 Å². The van der Waals surface area contributed by atoms with Gasteiger partial charge >= 0.3 is 0 Å². The fraction of sp³-hybridized carbons (Fsp3) is 0.647. The molecule has 1 aromatic carbocycles.